The summed E-state index contributed by atoms with van der Waals surface area (Å²) >= 11 is 1.64. The molecule has 2 unspecified atom stereocenters. The molecule has 25 heavy (non-hydrogen) atoms. The molecule has 2 heterocycles. The highest BCUT2D eigenvalue weighted by atomic mass is 32.1. The predicted octanol–water partition coefficient (Wildman–Crippen LogP) is 3.35. The molecular weight excluding hydrogens is 334 g/mol. The summed E-state index contributed by atoms with van der Waals surface area (Å²) in [6, 6.07) is -0.633. The van der Waals surface area contributed by atoms with E-state index in [1.807, 2.05) is 6.92 Å². The van der Waals surface area contributed by atoms with Crippen LogP contribution in [0.4, 0.5) is 0 Å². The predicted molar refractivity (Wildman–Crippen MR) is 102 cm³/mol. The van der Waals surface area contributed by atoms with Crippen LogP contribution in [0.15, 0.2) is 4.79 Å². The Labute approximate surface area is 152 Å². The van der Waals surface area contributed by atoms with E-state index in [1.165, 1.54) is 9.44 Å². The zero-order valence-electron chi connectivity index (χ0n) is 15.7. The summed E-state index contributed by atoms with van der Waals surface area (Å²) in [4.78, 5) is 31.7. The van der Waals surface area contributed by atoms with Crippen molar-refractivity contribution in [3.63, 3.8) is 0 Å². The van der Waals surface area contributed by atoms with Crippen LogP contribution in [0.3, 0.4) is 0 Å². The van der Waals surface area contributed by atoms with Gasteiger partial charge in [0.2, 0.25) is 5.91 Å². The summed E-state index contributed by atoms with van der Waals surface area (Å²) < 4.78 is 1.49. The first kappa shape index (κ1) is 18.1. The van der Waals surface area contributed by atoms with Crippen LogP contribution in [0.25, 0.3) is 10.2 Å². The van der Waals surface area contributed by atoms with E-state index < -0.39 is 11.9 Å². The summed E-state index contributed by atoms with van der Waals surface area (Å²) in [7, 11) is 0. The van der Waals surface area contributed by atoms with Crippen molar-refractivity contribution in [2.75, 3.05) is 0 Å². The van der Waals surface area contributed by atoms with Crippen LogP contribution in [0.1, 0.15) is 62.8 Å². The summed E-state index contributed by atoms with van der Waals surface area (Å²) in [5, 5.41) is 0.706. The highest BCUT2D eigenvalue weighted by Gasteiger charge is 2.32. The van der Waals surface area contributed by atoms with Gasteiger partial charge in [-0.05, 0) is 49.5 Å². The fourth-order valence-corrected chi connectivity index (χ4v) is 5.29. The Balaban J connectivity index is 2.18. The van der Waals surface area contributed by atoms with Crippen LogP contribution >= 0.6 is 11.3 Å². The number of amides is 1. The molecule has 0 aliphatic heterocycles. The number of nitrogens with two attached hydrogens (primary N) is 1. The molecule has 0 aromatic carbocycles. The number of hydrogen-bond donors (Lipinski definition) is 1. The Morgan fingerprint density at radius 1 is 1.44 bits per heavy atom. The number of fused-ring (bicyclic) bond motifs is 3. The zero-order valence-corrected chi connectivity index (χ0v) is 16.5. The van der Waals surface area contributed by atoms with Gasteiger partial charge in [-0.3, -0.25) is 14.2 Å². The van der Waals surface area contributed by atoms with Crippen LogP contribution in [0, 0.1) is 18.3 Å². The summed E-state index contributed by atoms with van der Waals surface area (Å²) in [5.74, 6) is 0.699. The minimum Gasteiger partial charge on any atom is -0.368 e. The highest BCUT2D eigenvalue weighted by molar-refractivity contribution is 7.18. The van der Waals surface area contributed by atoms with E-state index in [1.54, 1.807) is 18.3 Å². The van der Waals surface area contributed by atoms with Gasteiger partial charge in [-0.1, -0.05) is 27.7 Å². The van der Waals surface area contributed by atoms with Gasteiger partial charge in [0.1, 0.15) is 16.7 Å². The Hall–Kier alpha value is -1.69. The summed E-state index contributed by atoms with van der Waals surface area (Å²) in [6.45, 7) is 10.5. The molecule has 136 valence electrons. The molecule has 2 N–H and O–H groups in total. The number of primary amides is 1. The highest BCUT2D eigenvalue weighted by Crippen LogP contribution is 2.42. The lowest BCUT2D eigenvalue weighted by Gasteiger charge is -2.33. The van der Waals surface area contributed by atoms with Crippen molar-refractivity contribution in [2.24, 2.45) is 17.1 Å². The minimum absolute atomic E-state index is 0.111. The van der Waals surface area contributed by atoms with Gasteiger partial charge in [-0.15, -0.1) is 11.3 Å². The minimum atomic E-state index is -0.633. The lowest BCUT2D eigenvalue weighted by Crippen LogP contribution is -2.35. The molecule has 5 nitrogen and oxygen atoms in total. The average molecular weight is 362 g/mol. The largest absolute Gasteiger partial charge is 0.368 e. The third kappa shape index (κ3) is 3.01. The van der Waals surface area contributed by atoms with Crippen molar-refractivity contribution in [3.8, 4) is 0 Å². The van der Waals surface area contributed by atoms with Crippen molar-refractivity contribution >= 4 is 27.5 Å². The van der Waals surface area contributed by atoms with Crippen molar-refractivity contribution in [3.05, 3.63) is 26.6 Å². The molecule has 1 aliphatic carbocycles. The standard InChI is InChI=1S/C19H27N3O2S/c1-6-13(16(20)23)22-10(2)21-17-15(18(22)24)12-8-7-11(19(3,4)5)9-14(12)25-17/h11,13H,6-9H2,1-5H3,(H2,20,23). The smallest absolute Gasteiger partial charge is 0.263 e. The fraction of sp³-hybridized carbons (Fsp3) is 0.632. The molecule has 0 saturated heterocycles. The number of aryl methyl sites for hydroxylation is 2. The van der Waals surface area contributed by atoms with Gasteiger partial charge in [0.05, 0.1) is 5.39 Å². The van der Waals surface area contributed by atoms with Crippen molar-refractivity contribution < 1.29 is 4.79 Å². The van der Waals surface area contributed by atoms with Crippen LogP contribution in [0.2, 0.25) is 0 Å². The lowest BCUT2D eigenvalue weighted by molar-refractivity contribution is -0.121. The fourth-order valence-electron chi connectivity index (χ4n) is 3.96. The first-order valence-electron chi connectivity index (χ1n) is 8.97. The third-order valence-electron chi connectivity index (χ3n) is 5.54. The number of rotatable bonds is 3. The van der Waals surface area contributed by atoms with Gasteiger partial charge >= 0.3 is 0 Å². The number of thiophene rings is 1. The topological polar surface area (TPSA) is 78.0 Å². The van der Waals surface area contributed by atoms with E-state index >= 15 is 0 Å². The molecule has 0 spiro atoms. The lowest BCUT2D eigenvalue weighted by atomic mass is 9.72. The molecule has 3 rings (SSSR count). The molecular formula is C19H27N3O2S. The average Bonchev–Trinajstić information content (AvgIpc) is 2.87. The maximum absolute atomic E-state index is 13.2. The van der Waals surface area contributed by atoms with Gasteiger partial charge in [-0.2, -0.15) is 0 Å². The normalized spacial score (nSPS) is 19.0. The molecule has 1 aliphatic rings. The summed E-state index contributed by atoms with van der Waals surface area (Å²) in [6.07, 6.45) is 3.49. The second kappa shape index (κ2) is 6.24. The Morgan fingerprint density at radius 2 is 2.12 bits per heavy atom. The Kier molecular flexibility index (Phi) is 4.52. The first-order valence-corrected chi connectivity index (χ1v) is 9.79. The van der Waals surface area contributed by atoms with E-state index in [2.05, 4.69) is 25.8 Å². The second-order valence-electron chi connectivity index (χ2n) is 8.15. The maximum atomic E-state index is 13.2. The molecule has 6 heteroatoms. The zero-order chi connectivity index (χ0) is 18.5. The van der Waals surface area contributed by atoms with Crippen LogP contribution in [-0.4, -0.2) is 15.5 Å². The first-order chi connectivity index (χ1) is 11.6. The Morgan fingerprint density at radius 3 is 2.68 bits per heavy atom. The molecule has 1 amide bonds. The van der Waals surface area contributed by atoms with Crippen LogP contribution in [-0.2, 0) is 17.6 Å². The van der Waals surface area contributed by atoms with E-state index in [0.29, 0.717) is 23.5 Å². The van der Waals surface area contributed by atoms with Gasteiger partial charge < -0.3 is 5.73 Å². The summed E-state index contributed by atoms with van der Waals surface area (Å²) in [5.41, 5.74) is 6.81. The molecule has 0 bridgehead atoms. The van der Waals surface area contributed by atoms with Gasteiger partial charge in [0.15, 0.2) is 0 Å². The van der Waals surface area contributed by atoms with Crippen LogP contribution < -0.4 is 11.3 Å². The molecule has 2 aromatic heterocycles. The second-order valence-corrected chi connectivity index (χ2v) is 9.23. The quantitative estimate of drug-likeness (QED) is 0.910. The van der Waals surface area contributed by atoms with Crippen LogP contribution in [0.5, 0.6) is 0 Å². The van der Waals surface area contributed by atoms with E-state index in [0.717, 1.165) is 29.7 Å². The van der Waals surface area contributed by atoms with Crippen molar-refractivity contribution in [1.82, 2.24) is 9.55 Å². The van der Waals surface area contributed by atoms with E-state index in [-0.39, 0.29) is 11.0 Å². The number of carbonyl (C=O) groups excluding carboxylic acids is 1. The molecule has 2 atom stereocenters. The Bertz CT molecular complexity index is 889. The maximum Gasteiger partial charge on any atom is 0.263 e. The monoisotopic (exact) mass is 361 g/mol. The van der Waals surface area contributed by atoms with Gasteiger partial charge in [0.25, 0.3) is 5.56 Å². The molecule has 2 aromatic rings. The van der Waals surface area contributed by atoms with E-state index in [4.69, 9.17) is 5.73 Å². The molecule has 0 radical (unpaired) electrons. The number of hydrogen-bond acceptors (Lipinski definition) is 4. The van der Waals surface area contributed by atoms with Crippen molar-refractivity contribution in [1.29, 1.82) is 0 Å². The molecule has 0 saturated carbocycles. The number of nitrogens with zero attached hydrogens (tertiary/aromatic N) is 2. The number of aromatic nitrogens is 2. The van der Waals surface area contributed by atoms with Crippen molar-refractivity contribution in [2.45, 2.75) is 66.3 Å². The number of carbonyl (C=O) groups is 1. The third-order valence-corrected chi connectivity index (χ3v) is 6.69. The SMILES string of the molecule is CCC(C(N)=O)n1c(C)nc2sc3c(c2c1=O)CCC(C(C)(C)C)C3. The molecule has 0 fully saturated rings. The van der Waals surface area contributed by atoms with E-state index in [9.17, 15) is 9.59 Å². The van der Waals surface area contributed by atoms with Gasteiger partial charge in [0, 0.05) is 4.88 Å². The van der Waals surface area contributed by atoms with Gasteiger partial charge in [-0.25, -0.2) is 4.98 Å².